The first-order valence-corrected chi connectivity index (χ1v) is 7.24. The lowest BCUT2D eigenvalue weighted by molar-refractivity contribution is 0.192. The van der Waals surface area contributed by atoms with Crippen LogP contribution in [0.1, 0.15) is 33.4 Å². The van der Waals surface area contributed by atoms with Crippen molar-refractivity contribution in [2.45, 2.75) is 40.7 Å². The molecule has 0 spiro atoms. The van der Waals surface area contributed by atoms with Gasteiger partial charge in [-0.3, -0.25) is 4.68 Å². The van der Waals surface area contributed by atoms with Crippen molar-refractivity contribution in [3.05, 3.63) is 11.9 Å². The van der Waals surface area contributed by atoms with Gasteiger partial charge in [0.1, 0.15) is 0 Å². The van der Waals surface area contributed by atoms with Gasteiger partial charge in [-0.05, 0) is 19.3 Å². The third-order valence-electron chi connectivity index (χ3n) is 3.10. The number of likely N-dealkylation sites (N-methyl/N-ethyl adjacent to an activating group) is 1. The summed E-state index contributed by atoms with van der Waals surface area (Å²) in [6.45, 7) is 9.92. The Morgan fingerprint density at radius 3 is 2.70 bits per heavy atom. The molecule has 0 bridgehead atoms. The molecule has 2 amide bonds. The number of nitrogens with zero attached hydrogens (tertiary/aromatic N) is 3. The molecule has 0 radical (unpaired) electrons. The number of carbonyl (C=O) groups is 1. The highest BCUT2D eigenvalue weighted by atomic mass is 16.3. The van der Waals surface area contributed by atoms with Crippen molar-refractivity contribution >= 4 is 11.7 Å². The number of urea groups is 1. The van der Waals surface area contributed by atoms with Crippen LogP contribution in [0.3, 0.4) is 0 Å². The van der Waals surface area contributed by atoms with Crippen molar-refractivity contribution in [3.8, 4) is 0 Å². The molecule has 1 rings (SSSR count). The molecular formula is C14H26N4O2. The summed E-state index contributed by atoms with van der Waals surface area (Å²) in [4.78, 5) is 13.7. The van der Waals surface area contributed by atoms with Gasteiger partial charge in [-0.15, -0.1) is 0 Å². The summed E-state index contributed by atoms with van der Waals surface area (Å²) in [7, 11) is 0. The highest BCUT2D eigenvalue weighted by Crippen LogP contribution is 2.17. The molecule has 0 saturated heterocycles. The largest absolute Gasteiger partial charge is 0.395 e. The molecule has 1 heterocycles. The number of anilines is 1. The van der Waals surface area contributed by atoms with E-state index in [4.69, 9.17) is 5.11 Å². The molecule has 0 aliphatic heterocycles. The van der Waals surface area contributed by atoms with Crippen LogP contribution >= 0.6 is 0 Å². The first-order valence-electron chi connectivity index (χ1n) is 7.24. The summed E-state index contributed by atoms with van der Waals surface area (Å²) < 4.78 is 1.95. The summed E-state index contributed by atoms with van der Waals surface area (Å²) >= 11 is 0. The van der Waals surface area contributed by atoms with Gasteiger partial charge in [0.2, 0.25) is 0 Å². The van der Waals surface area contributed by atoms with Crippen molar-refractivity contribution in [2.24, 2.45) is 5.92 Å². The van der Waals surface area contributed by atoms with E-state index in [2.05, 4.69) is 31.2 Å². The second-order valence-electron chi connectivity index (χ2n) is 5.17. The topological polar surface area (TPSA) is 70.4 Å². The highest BCUT2D eigenvalue weighted by molar-refractivity contribution is 5.89. The molecule has 1 aromatic heterocycles. The molecule has 6 nitrogen and oxygen atoms in total. The van der Waals surface area contributed by atoms with Crippen LogP contribution in [0.25, 0.3) is 0 Å². The number of aliphatic hydroxyl groups is 1. The normalized spacial score (nSPS) is 10.9. The van der Waals surface area contributed by atoms with Gasteiger partial charge in [-0.2, -0.15) is 5.10 Å². The fourth-order valence-corrected chi connectivity index (χ4v) is 2.11. The van der Waals surface area contributed by atoms with Gasteiger partial charge in [0.15, 0.2) is 0 Å². The van der Waals surface area contributed by atoms with Crippen LogP contribution in [0.15, 0.2) is 6.20 Å². The smallest absolute Gasteiger partial charge is 0.322 e. The molecule has 0 fully saturated rings. The molecule has 114 valence electrons. The maximum atomic E-state index is 12.1. The van der Waals surface area contributed by atoms with E-state index in [-0.39, 0.29) is 12.6 Å². The molecule has 6 heteroatoms. The van der Waals surface area contributed by atoms with Crippen LogP contribution in [0, 0.1) is 5.92 Å². The Morgan fingerprint density at radius 2 is 2.20 bits per heavy atom. The number of aromatic nitrogens is 2. The Kier molecular flexibility index (Phi) is 6.51. The fraction of sp³-hybridized carbons (Fsp3) is 0.714. The fourth-order valence-electron chi connectivity index (χ4n) is 2.11. The van der Waals surface area contributed by atoms with E-state index in [0.29, 0.717) is 19.0 Å². The third-order valence-corrected chi connectivity index (χ3v) is 3.10. The van der Waals surface area contributed by atoms with Gasteiger partial charge in [-0.25, -0.2) is 4.79 Å². The zero-order valence-electron chi connectivity index (χ0n) is 12.9. The number of carbonyl (C=O) groups excluding carboxylic acids is 1. The Hall–Kier alpha value is -1.56. The lowest BCUT2D eigenvalue weighted by Gasteiger charge is -2.20. The summed E-state index contributed by atoms with van der Waals surface area (Å²) in [6.07, 6.45) is 2.51. The number of aliphatic hydroxyl groups excluding tert-OH is 1. The van der Waals surface area contributed by atoms with Crippen molar-refractivity contribution in [3.63, 3.8) is 0 Å². The maximum Gasteiger partial charge on any atom is 0.322 e. The van der Waals surface area contributed by atoms with E-state index >= 15 is 0 Å². The predicted molar refractivity (Wildman–Crippen MR) is 79.8 cm³/mol. The number of hydrogen-bond acceptors (Lipinski definition) is 3. The lowest BCUT2D eigenvalue weighted by atomic mass is 10.2. The summed E-state index contributed by atoms with van der Waals surface area (Å²) in [5.41, 5.74) is 1.79. The van der Waals surface area contributed by atoms with E-state index in [0.717, 1.165) is 24.3 Å². The first-order chi connectivity index (χ1) is 9.53. The van der Waals surface area contributed by atoms with Gasteiger partial charge in [-0.1, -0.05) is 20.8 Å². The predicted octanol–water partition coefficient (Wildman–Crippen LogP) is 1.95. The van der Waals surface area contributed by atoms with Crippen LogP contribution in [-0.2, 0) is 13.0 Å². The number of hydrogen-bond donors (Lipinski definition) is 2. The number of nitrogens with one attached hydrogen (secondary N) is 1. The summed E-state index contributed by atoms with van der Waals surface area (Å²) in [5, 5.41) is 16.2. The molecule has 0 saturated carbocycles. The maximum absolute atomic E-state index is 12.1. The van der Waals surface area contributed by atoms with Crippen LogP contribution in [0.4, 0.5) is 10.5 Å². The zero-order valence-corrected chi connectivity index (χ0v) is 12.9. The van der Waals surface area contributed by atoms with Gasteiger partial charge in [0, 0.05) is 19.6 Å². The molecule has 20 heavy (non-hydrogen) atoms. The van der Waals surface area contributed by atoms with E-state index < -0.39 is 0 Å². The van der Waals surface area contributed by atoms with Crippen LogP contribution in [0.2, 0.25) is 0 Å². The lowest BCUT2D eigenvalue weighted by Crippen LogP contribution is -2.37. The SMILES string of the molecule is CCc1c(NC(=O)N(CC)CCO)cnn1CC(C)C. The Morgan fingerprint density at radius 1 is 1.50 bits per heavy atom. The quantitative estimate of drug-likeness (QED) is 0.803. The van der Waals surface area contributed by atoms with Gasteiger partial charge >= 0.3 is 6.03 Å². The summed E-state index contributed by atoms with van der Waals surface area (Å²) in [5.74, 6) is 0.505. The van der Waals surface area contributed by atoms with Crippen molar-refractivity contribution in [1.82, 2.24) is 14.7 Å². The van der Waals surface area contributed by atoms with E-state index in [1.165, 1.54) is 0 Å². The minimum atomic E-state index is -0.194. The Labute approximate surface area is 120 Å². The van der Waals surface area contributed by atoms with E-state index in [9.17, 15) is 4.79 Å². The molecule has 2 N–H and O–H groups in total. The average molecular weight is 282 g/mol. The molecule has 0 unspecified atom stereocenters. The Balaban J connectivity index is 2.81. The summed E-state index contributed by atoms with van der Waals surface area (Å²) in [6, 6.07) is -0.194. The van der Waals surface area contributed by atoms with Crippen molar-refractivity contribution in [1.29, 1.82) is 0 Å². The van der Waals surface area contributed by atoms with Gasteiger partial charge in [0.25, 0.3) is 0 Å². The standard InChI is InChI=1S/C14H26N4O2/c1-5-13-12(9-15-18(13)10-11(3)4)16-14(20)17(6-2)7-8-19/h9,11,19H,5-8,10H2,1-4H3,(H,16,20). The molecular weight excluding hydrogens is 256 g/mol. The van der Waals surface area contributed by atoms with Crippen molar-refractivity contribution < 1.29 is 9.90 Å². The molecule has 0 atom stereocenters. The van der Waals surface area contributed by atoms with Crippen molar-refractivity contribution in [2.75, 3.05) is 25.0 Å². The number of amides is 2. The zero-order chi connectivity index (χ0) is 15.1. The average Bonchev–Trinajstić information content (AvgIpc) is 2.76. The highest BCUT2D eigenvalue weighted by Gasteiger charge is 2.16. The second-order valence-corrected chi connectivity index (χ2v) is 5.17. The minimum Gasteiger partial charge on any atom is -0.395 e. The first kappa shape index (κ1) is 16.5. The van der Waals surface area contributed by atoms with Gasteiger partial charge < -0.3 is 15.3 Å². The third kappa shape index (κ3) is 4.23. The van der Waals surface area contributed by atoms with Crippen LogP contribution in [-0.4, -0.2) is 45.5 Å². The number of rotatable bonds is 7. The van der Waals surface area contributed by atoms with E-state index in [1.54, 1.807) is 11.1 Å². The van der Waals surface area contributed by atoms with Crippen LogP contribution < -0.4 is 5.32 Å². The second kappa shape index (κ2) is 7.89. The minimum absolute atomic E-state index is 0.0332. The molecule has 0 aliphatic rings. The van der Waals surface area contributed by atoms with Gasteiger partial charge in [0.05, 0.1) is 24.2 Å². The van der Waals surface area contributed by atoms with E-state index in [1.807, 2.05) is 11.6 Å². The monoisotopic (exact) mass is 282 g/mol. The Bertz CT molecular complexity index is 429. The molecule has 1 aromatic rings. The van der Waals surface area contributed by atoms with Crippen LogP contribution in [0.5, 0.6) is 0 Å². The molecule has 0 aromatic carbocycles. The molecule has 0 aliphatic carbocycles.